The lowest BCUT2D eigenvalue weighted by Crippen LogP contribution is -1.94. The van der Waals surface area contributed by atoms with E-state index in [0.717, 1.165) is 18.2 Å². The Balaban J connectivity index is 2.28. The van der Waals surface area contributed by atoms with Crippen molar-refractivity contribution in [3.63, 3.8) is 0 Å². The number of rotatable bonds is 2. The predicted molar refractivity (Wildman–Crippen MR) is 52.8 cm³/mol. The van der Waals surface area contributed by atoms with Gasteiger partial charge in [-0.3, -0.25) is 0 Å². The summed E-state index contributed by atoms with van der Waals surface area (Å²) in [5.74, 6) is -1.14. The molecule has 0 saturated carbocycles. The number of benzene rings is 1. The number of furan rings is 1. The molecule has 0 spiro atoms. The highest BCUT2D eigenvalue weighted by molar-refractivity contribution is 5.68. The number of nitrogen functional groups attached to an aromatic ring is 1. The van der Waals surface area contributed by atoms with Crippen LogP contribution in [0.3, 0.4) is 0 Å². The van der Waals surface area contributed by atoms with E-state index < -0.39 is 11.6 Å². The minimum Gasteiger partial charge on any atom is -0.447 e. The topological polar surface area (TPSA) is 51.2 Å². The Kier molecular flexibility index (Phi) is 2.29. The molecule has 0 aliphatic rings. The maximum Gasteiger partial charge on any atom is 0.213 e. The van der Waals surface area contributed by atoms with Crippen LogP contribution in [-0.2, 0) is 0 Å². The van der Waals surface area contributed by atoms with Crippen LogP contribution in [0.4, 0.5) is 26.0 Å². The van der Waals surface area contributed by atoms with Gasteiger partial charge < -0.3 is 15.5 Å². The number of anilines is 3. The molecule has 3 N–H and O–H groups in total. The largest absolute Gasteiger partial charge is 0.447 e. The molecule has 0 atom stereocenters. The smallest absolute Gasteiger partial charge is 0.213 e. The van der Waals surface area contributed by atoms with Crippen LogP contribution in [0.2, 0.25) is 0 Å². The Hall–Kier alpha value is -2.04. The lowest BCUT2D eigenvalue weighted by Gasteiger charge is -2.04. The fourth-order valence-corrected chi connectivity index (χ4v) is 1.21. The van der Waals surface area contributed by atoms with E-state index in [-0.39, 0.29) is 11.6 Å². The van der Waals surface area contributed by atoms with Crippen molar-refractivity contribution >= 4 is 17.3 Å². The fraction of sp³-hybridized carbons (Fsp3) is 0. The first-order valence-electron chi connectivity index (χ1n) is 4.21. The summed E-state index contributed by atoms with van der Waals surface area (Å²) in [5, 5.41) is 2.74. The summed E-state index contributed by atoms with van der Waals surface area (Å²) in [7, 11) is 0. The van der Waals surface area contributed by atoms with Crippen molar-refractivity contribution < 1.29 is 13.2 Å². The van der Waals surface area contributed by atoms with Crippen LogP contribution in [0.15, 0.2) is 34.9 Å². The van der Waals surface area contributed by atoms with Crippen LogP contribution < -0.4 is 11.1 Å². The van der Waals surface area contributed by atoms with Gasteiger partial charge in [0, 0.05) is 17.8 Å². The van der Waals surface area contributed by atoms with Gasteiger partial charge in [-0.25, -0.2) is 8.78 Å². The maximum atomic E-state index is 12.8. The van der Waals surface area contributed by atoms with Gasteiger partial charge in [0.15, 0.2) is 0 Å². The number of nitrogens with two attached hydrogens (primary N) is 1. The third kappa shape index (κ3) is 2.07. The van der Waals surface area contributed by atoms with E-state index in [9.17, 15) is 8.78 Å². The minimum atomic E-state index is -0.653. The van der Waals surface area contributed by atoms with Crippen LogP contribution in [-0.4, -0.2) is 0 Å². The Morgan fingerprint density at radius 2 is 1.80 bits per heavy atom. The summed E-state index contributed by atoms with van der Waals surface area (Å²) < 4.78 is 30.5. The van der Waals surface area contributed by atoms with Gasteiger partial charge in [0.05, 0.1) is 6.26 Å². The third-order valence-electron chi connectivity index (χ3n) is 1.84. The van der Waals surface area contributed by atoms with E-state index >= 15 is 0 Å². The molecule has 0 aliphatic heterocycles. The second-order valence-corrected chi connectivity index (χ2v) is 2.98. The molecule has 2 aromatic rings. The van der Waals surface area contributed by atoms with Crippen molar-refractivity contribution in [3.8, 4) is 0 Å². The highest BCUT2D eigenvalue weighted by Gasteiger charge is 2.04. The minimum absolute atomic E-state index is 0.166. The Morgan fingerprint density at radius 1 is 1.13 bits per heavy atom. The Morgan fingerprint density at radius 3 is 2.33 bits per heavy atom. The molecule has 1 aromatic heterocycles. The van der Waals surface area contributed by atoms with Gasteiger partial charge in [-0.2, -0.15) is 0 Å². The van der Waals surface area contributed by atoms with E-state index in [4.69, 9.17) is 10.2 Å². The monoisotopic (exact) mass is 210 g/mol. The molecular formula is C10H8F2N2O. The van der Waals surface area contributed by atoms with Gasteiger partial charge in [0.25, 0.3) is 0 Å². The molecule has 0 bridgehead atoms. The summed E-state index contributed by atoms with van der Waals surface area (Å²) in [4.78, 5) is 0. The van der Waals surface area contributed by atoms with Crippen molar-refractivity contribution in [2.75, 3.05) is 11.1 Å². The van der Waals surface area contributed by atoms with E-state index in [1.807, 2.05) is 0 Å². The van der Waals surface area contributed by atoms with Gasteiger partial charge >= 0.3 is 0 Å². The number of hydrogen-bond donors (Lipinski definition) is 2. The summed E-state index contributed by atoms with van der Waals surface area (Å²) >= 11 is 0. The first kappa shape index (κ1) is 9.51. The van der Waals surface area contributed by atoms with E-state index in [1.54, 1.807) is 6.07 Å². The van der Waals surface area contributed by atoms with Gasteiger partial charge in [0.1, 0.15) is 17.3 Å². The molecular weight excluding hydrogens is 202 g/mol. The number of nitrogens with one attached hydrogen (secondary N) is 1. The van der Waals surface area contributed by atoms with Crippen LogP contribution in [0, 0.1) is 11.6 Å². The van der Waals surface area contributed by atoms with Gasteiger partial charge in [-0.1, -0.05) is 0 Å². The molecule has 1 heterocycles. The second kappa shape index (κ2) is 3.61. The zero-order chi connectivity index (χ0) is 10.8. The zero-order valence-electron chi connectivity index (χ0n) is 7.63. The maximum absolute atomic E-state index is 12.8. The predicted octanol–water partition coefficient (Wildman–Crippen LogP) is 2.88. The first-order chi connectivity index (χ1) is 7.15. The SMILES string of the molecule is Nc1occc1Nc1cc(F)cc(F)c1. The van der Waals surface area contributed by atoms with Crippen LogP contribution in [0.25, 0.3) is 0 Å². The van der Waals surface area contributed by atoms with E-state index in [1.165, 1.54) is 6.26 Å². The molecule has 0 aliphatic carbocycles. The molecule has 0 amide bonds. The summed E-state index contributed by atoms with van der Waals surface area (Å²) in [6, 6.07) is 4.69. The standard InChI is InChI=1S/C10H8F2N2O/c11-6-3-7(12)5-8(4-6)14-9-1-2-15-10(9)13/h1-5,14H,13H2. The quantitative estimate of drug-likeness (QED) is 0.801. The summed E-state index contributed by atoms with van der Waals surface area (Å²) in [6.45, 7) is 0. The Bertz CT molecular complexity index is 462. The van der Waals surface area contributed by atoms with Crippen molar-refractivity contribution in [1.82, 2.24) is 0 Å². The van der Waals surface area contributed by atoms with Gasteiger partial charge in [-0.05, 0) is 12.1 Å². The molecule has 3 nitrogen and oxygen atoms in total. The van der Waals surface area contributed by atoms with Crippen molar-refractivity contribution in [1.29, 1.82) is 0 Å². The average Bonchev–Trinajstić information content (AvgIpc) is 2.50. The lowest BCUT2D eigenvalue weighted by molar-refractivity contribution is 0.583. The van der Waals surface area contributed by atoms with Gasteiger partial charge in [0.2, 0.25) is 5.88 Å². The number of hydrogen-bond acceptors (Lipinski definition) is 3. The third-order valence-corrected chi connectivity index (χ3v) is 1.84. The summed E-state index contributed by atoms with van der Waals surface area (Å²) in [5.41, 5.74) is 6.20. The summed E-state index contributed by atoms with van der Waals surface area (Å²) in [6.07, 6.45) is 1.38. The lowest BCUT2D eigenvalue weighted by atomic mass is 10.3. The van der Waals surface area contributed by atoms with Crippen molar-refractivity contribution in [3.05, 3.63) is 42.2 Å². The first-order valence-corrected chi connectivity index (χ1v) is 4.21. The molecule has 15 heavy (non-hydrogen) atoms. The van der Waals surface area contributed by atoms with Crippen molar-refractivity contribution in [2.45, 2.75) is 0 Å². The molecule has 1 aromatic carbocycles. The highest BCUT2D eigenvalue weighted by Crippen LogP contribution is 2.24. The fourth-order valence-electron chi connectivity index (χ4n) is 1.21. The highest BCUT2D eigenvalue weighted by atomic mass is 19.1. The average molecular weight is 210 g/mol. The second-order valence-electron chi connectivity index (χ2n) is 2.98. The molecule has 0 unspecified atom stereocenters. The zero-order valence-corrected chi connectivity index (χ0v) is 7.63. The van der Waals surface area contributed by atoms with E-state index in [0.29, 0.717) is 5.69 Å². The van der Waals surface area contributed by atoms with Crippen LogP contribution in [0.5, 0.6) is 0 Å². The van der Waals surface area contributed by atoms with Crippen LogP contribution >= 0.6 is 0 Å². The normalized spacial score (nSPS) is 10.3. The van der Waals surface area contributed by atoms with E-state index in [2.05, 4.69) is 5.32 Å². The molecule has 0 radical (unpaired) electrons. The molecule has 2 rings (SSSR count). The van der Waals surface area contributed by atoms with Gasteiger partial charge in [-0.15, -0.1) is 0 Å². The number of halogens is 2. The molecule has 78 valence electrons. The molecule has 0 saturated heterocycles. The van der Waals surface area contributed by atoms with Crippen LogP contribution in [0.1, 0.15) is 0 Å². The van der Waals surface area contributed by atoms with Crippen molar-refractivity contribution in [2.24, 2.45) is 0 Å². The Labute approximate surface area is 84.5 Å². The molecule has 0 fully saturated rings. The molecule has 5 heteroatoms.